The highest BCUT2D eigenvalue weighted by atomic mass is 16.5. The maximum Gasteiger partial charge on any atom is 0.151 e. The summed E-state index contributed by atoms with van der Waals surface area (Å²) in [7, 11) is 0. The molecule has 0 N–H and O–H groups in total. The van der Waals surface area contributed by atoms with Gasteiger partial charge in [0.15, 0.2) is 23.0 Å². The second-order valence-corrected chi connectivity index (χ2v) is 18.8. The van der Waals surface area contributed by atoms with Gasteiger partial charge < -0.3 is 19.3 Å². The maximum absolute atomic E-state index is 6.51. The molecule has 0 radical (unpaired) electrons. The third-order valence-electron chi connectivity index (χ3n) is 14.6. The van der Waals surface area contributed by atoms with Crippen molar-refractivity contribution >= 4 is 55.7 Å². The molecule has 0 fully saturated rings. The van der Waals surface area contributed by atoms with E-state index in [0.29, 0.717) is 0 Å². The number of hydrogen-bond acceptors (Lipinski definition) is 4. The lowest BCUT2D eigenvalue weighted by molar-refractivity contribution is 0.477. The second kappa shape index (κ2) is 15.1. The first-order chi connectivity index (χ1) is 34.0. The molecule has 0 saturated carbocycles. The summed E-state index contributed by atoms with van der Waals surface area (Å²) in [4.78, 5) is 4.69. The maximum atomic E-state index is 6.51. The van der Waals surface area contributed by atoms with Crippen molar-refractivity contribution in [3.63, 3.8) is 0 Å². The van der Waals surface area contributed by atoms with E-state index in [2.05, 4.69) is 230 Å². The van der Waals surface area contributed by atoms with Gasteiger partial charge in [-0.05, 0) is 162 Å². The summed E-state index contributed by atoms with van der Waals surface area (Å²) in [6.45, 7) is 4.71. The van der Waals surface area contributed by atoms with E-state index in [-0.39, 0.29) is 5.41 Å². The monoisotopic (exact) mass is 884 g/mol. The Morgan fingerprint density at radius 2 is 0.739 bits per heavy atom. The first-order valence-corrected chi connectivity index (χ1v) is 23.7. The van der Waals surface area contributed by atoms with E-state index in [1.165, 1.54) is 60.7 Å². The molecule has 0 unspecified atom stereocenters. The standard InChI is InChI=1S/C65H44N2O2/c1-65(2)53-22-7-6-21-47(53)48-34-31-43(38-54(48)65)42-19-16-20-44(37-42)64-50-36-33-45(66-55-23-8-12-27-59(55)68-60-28-13-9-24-56(60)66)39-51(50)63(41-17-4-3-5-18-41)49-35-32-46(40-52(49)64)67-57-25-10-14-29-61(57)69-62-30-15-11-26-58(62)67/h3-40H,1-2H3. The van der Waals surface area contributed by atoms with E-state index in [1.807, 2.05) is 24.3 Å². The quantitative estimate of drug-likeness (QED) is 0.161. The summed E-state index contributed by atoms with van der Waals surface area (Å²) < 4.78 is 13.0. The van der Waals surface area contributed by atoms with Crippen LogP contribution in [0.3, 0.4) is 0 Å². The van der Waals surface area contributed by atoms with Crippen molar-refractivity contribution in [1.29, 1.82) is 0 Å². The summed E-state index contributed by atoms with van der Waals surface area (Å²) in [5.74, 6) is 3.31. The molecule has 4 heteroatoms. The van der Waals surface area contributed by atoms with Gasteiger partial charge in [-0.15, -0.1) is 0 Å². The van der Waals surface area contributed by atoms with Crippen LogP contribution in [0.25, 0.3) is 66.1 Å². The van der Waals surface area contributed by atoms with E-state index < -0.39 is 0 Å². The van der Waals surface area contributed by atoms with E-state index in [4.69, 9.17) is 9.47 Å². The second-order valence-electron chi connectivity index (χ2n) is 18.8. The Bertz CT molecular complexity index is 3820. The predicted molar refractivity (Wildman–Crippen MR) is 285 cm³/mol. The number of nitrogens with zero attached hydrogens (tertiary/aromatic N) is 2. The van der Waals surface area contributed by atoms with Gasteiger partial charge in [0.1, 0.15) is 0 Å². The van der Waals surface area contributed by atoms with Gasteiger partial charge in [0, 0.05) is 16.8 Å². The predicted octanol–water partition coefficient (Wildman–Crippen LogP) is 18.5. The Hall–Kier alpha value is -8.86. The fraction of sp³-hybridized carbons (Fsp3) is 0.0462. The molecule has 4 nitrogen and oxygen atoms in total. The van der Waals surface area contributed by atoms with Crippen LogP contribution >= 0.6 is 0 Å². The minimum Gasteiger partial charge on any atom is -0.453 e. The van der Waals surface area contributed by atoms with Crippen LogP contribution in [0.2, 0.25) is 0 Å². The van der Waals surface area contributed by atoms with E-state index in [1.54, 1.807) is 0 Å². The average molecular weight is 885 g/mol. The first kappa shape index (κ1) is 39.3. The molecule has 326 valence electrons. The number of ether oxygens (including phenoxy) is 2. The summed E-state index contributed by atoms with van der Waals surface area (Å²) in [6, 6.07) is 83.4. The lowest BCUT2D eigenvalue weighted by atomic mass is 9.81. The average Bonchev–Trinajstić information content (AvgIpc) is 3.63. The molecule has 3 aliphatic rings. The molecule has 11 aromatic carbocycles. The highest BCUT2D eigenvalue weighted by Gasteiger charge is 2.35. The third kappa shape index (κ3) is 6.02. The lowest BCUT2D eigenvalue weighted by Gasteiger charge is -2.33. The Balaban J connectivity index is 1.04. The molecule has 0 bridgehead atoms. The van der Waals surface area contributed by atoms with Crippen LogP contribution < -0.4 is 19.3 Å². The summed E-state index contributed by atoms with van der Waals surface area (Å²) in [6.07, 6.45) is 0. The fourth-order valence-corrected chi connectivity index (χ4v) is 11.4. The Morgan fingerprint density at radius 1 is 0.304 bits per heavy atom. The molecular formula is C65H44N2O2. The van der Waals surface area contributed by atoms with Gasteiger partial charge in [0.2, 0.25) is 0 Å². The topological polar surface area (TPSA) is 24.9 Å². The van der Waals surface area contributed by atoms with Crippen molar-refractivity contribution in [2.45, 2.75) is 19.3 Å². The van der Waals surface area contributed by atoms with Gasteiger partial charge in [0.25, 0.3) is 0 Å². The zero-order valence-corrected chi connectivity index (χ0v) is 38.2. The first-order valence-electron chi connectivity index (χ1n) is 23.7. The van der Waals surface area contributed by atoms with Gasteiger partial charge in [-0.2, -0.15) is 0 Å². The molecule has 0 atom stereocenters. The molecule has 1 aliphatic carbocycles. The number of rotatable bonds is 5. The molecule has 0 amide bonds. The van der Waals surface area contributed by atoms with Gasteiger partial charge in [-0.3, -0.25) is 0 Å². The van der Waals surface area contributed by atoms with Gasteiger partial charge >= 0.3 is 0 Å². The summed E-state index contributed by atoms with van der Waals surface area (Å²) in [5, 5.41) is 4.67. The molecule has 0 saturated heterocycles. The van der Waals surface area contributed by atoms with Crippen LogP contribution in [0.5, 0.6) is 23.0 Å². The number of benzene rings is 11. The lowest BCUT2D eigenvalue weighted by Crippen LogP contribution is -2.16. The molecule has 0 aromatic heterocycles. The van der Waals surface area contributed by atoms with Crippen molar-refractivity contribution in [2.24, 2.45) is 0 Å². The van der Waals surface area contributed by atoms with Gasteiger partial charge in [0.05, 0.1) is 22.7 Å². The smallest absolute Gasteiger partial charge is 0.151 e. The molecule has 69 heavy (non-hydrogen) atoms. The Morgan fingerprint density at radius 3 is 1.30 bits per heavy atom. The van der Waals surface area contributed by atoms with Crippen molar-refractivity contribution in [1.82, 2.24) is 0 Å². The normalized spacial score (nSPS) is 13.7. The van der Waals surface area contributed by atoms with Crippen LogP contribution in [0.15, 0.2) is 231 Å². The molecule has 14 rings (SSSR count). The fourth-order valence-electron chi connectivity index (χ4n) is 11.4. The van der Waals surface area contributed by atoms with Crippen LogP contribution in [0, 0.1) is 0 Å². The number of fused-ring (bicyclic) bond motifs is 9. The molecule has 2 aliphatic heterocycles. The van der Waals surface area contributed by atoms with E-state index >= 15 is 0 Å². The summed E-state index contributed by atoms with van der Waals surface area (Å²) in [5.41, 5.74) is 18.5. The van der Waals surface area contributed by atoms with Gasteiger partial charge in [-0.1, -0.05) is 159 Å². The van der Waals surface area contributed by atoms with Crippen molar-refractivity contribution in [3.8, 4) is 67.5 Å². The zero-order valence-electron chi connectivity index (χ0n) is 38.2. The number of anilines is 6. The van der Waals surface area contributed by atoms with Crippen LogP contribution in [0.4, 0.5) is 34.1 Å². The molecule has 2 heterocycles. The van der Waals surface area contributed by atoms with Gasteiger partial charge in [-0.25, -0.2) is 0 Å². The van der Waals surface area contributed by atoms with Crippen LogP contribution in [-0.4, -0.2) is 0 Å². The SMILES string of the molecule is CC1(C)c2ccccc2-c2ccc(-c3cccc(-c4c5ccc(N6c7ccccc7Oc7ccccc76)cc5c(-c5ccccc5)c5ccc(N6c7ccccc7Oc7ccccc76)cc45)c3)cc21. The van der Waals surface area contributed by atoms with Crippen molar-refractivity contribution in [3.05, 3.63) is 242 Å². The molecule has 11 aromatic rings. The largest absolute Gasteiger partial charge is 0.453 e. The molecule has 0 spiro atoms. The minimum absolute atomic E-state index is 0.106. The highest BCUT2D eigenvalue weighted by molar-refractivity contribution is 6.23. The minimum atomic E-state index is -0.106. The van der Waals surface area contributed by atoms with Crippen molar-refractivity contribution < 1.29 is 9.47 Å². The van der Waals surface area contributed by atoms with E-state index in [0.717, 1.165) is 73.6 Å². The van der Waals surface area contributed by atoms with E-state index in [9.17, 15) is 0 Å². The van der Waals surface area contributed by atoms with Crippen LogP contribution in [0.1, 0.15) is 25.0 Å². The third-order valence-corrected chi connectivity index (χ3v) is 14.6. The highest BCUT2D eigenvalue weighted by Crippen LogP contribution is 2.55. The van der Waals surface area contributed by atoms with Crippen LogP contribution in [-0.2, 0) is 5.41 Å². The number of hydrogen-bond donors (Lipinski definition) is 0. The van der Waals surface area contributed by atoms with Crippen molar-refractivity contribution in [2.75, 3.05) is 9.80 Å². The summed E-state index contributed by atoms with van der Waals surface area (Å²) >= 11 is 0. The number of para-hydroxylation sites is 8. The Labute approximate surface area is 401 Å². The Kier molecular flexibility index (Phi) is 8.59. The zero-order chi connectivity index (χ0) is 45.8. The molecular weight excluding hydrogens is 841 g/mol.